The lowest BCUT2D eigenvalue weighted by Crippen LogP contribution is -2.52. The highest BCUT2D eigenvalue weighted by Gasteiger charge is 2.27. The van der Waals surface area contributed by atoms with E-state index < -0.39 is 5.54 Å². The van der Waals surface area contributed by atoms with Gasteiger partial charge in [-0.1, -0.05) is 13.8 Å². The molecule has 3 N–H and O–H groups in total. The largest absolute Gasteiger partial charge is 0.497 e. The molecule has 24 heavy (non-hydrogen) atoms. The fourth-order valence-corrected chi connectivity index (χ4v) is 3.49. The normalized spacial score (nSPS) is 13.6. The monoisotopic (exact) mass is 347 g/mol. The number of nitrogens with two attached hydrogens (primary N) is 1. The van der Waals surface area contributed by atoms with Crippen LogP contribution in [-0.2, 0) is 0 Å². The Kier molecular flexibility index (Phi) is 5.96. The second-order valence-corrected chi connectivity index (χ2v) is 7.61. The van der Waals surface area contributed by atoms with Crippen molar-refractivity contribution in [2.24, 2.45) is 11.7 Å². The minimum atomic E-state index is -0.407. The van der Waals surface area contributed by atoms with Gasteiger partial charge in [0.2, 0.25) is 0 Å². The van der Waals surface area contributed by atoms with Crippen molar-refractivity contribution >= 4 is 17.2 Å². The Hall–Kier alpha value is -1.92. The van der Waals surface area contributed by atoms with Gasteiger partial charge in [0.1, 0.15) is 15.6 Å². The van der Waals surface area contributed by atoms with Crippen LogP contribution in [0.3, 0.4) is 0 Å². The van der Waals surface area contributed by atoms with Crippen molar-refractivity contribution in [3.63, 3.8) is 0 Å². The summed E-state index contributed by atoms with van der Waals surface area (Å²) >= 11 is 1.37. The van der Waals surface area contributed by atoms with Gasteiger partial charge in [-0.25, -0.2) is 4.98 Å². The Morgan fingerprint density at radius 3 is 2.58 bits per heavy atom. The van der Waals surface area contributed by atoms with Crippen molar-refractivity contribution in [3.8, 4) is 16.3 Å². The molecule has 1 unspecified atom stereocenters. The molecule has 0 saturated carbocycles. The first kappa shape index (κ1) is 18.4. The summed E-state index contributed by atoms with van der Waals surface area (Å²) in [5.74, 6) is 1.12. The Morgan fingerprint density at radius 2 is 2.04 bits per heavy atom. The maximum Gasteiger partial charge on any atom is 0.263 e. The third-order valence-corrected chi connectivity index (χ3v) is 4.84. The van der Waals surface area contributed by atoms with Crippen molar-refractivity contribution in [2.45, 2.75) is 32.7 Å². The Balaban J connectivity index is 2.12. The molecule has 0 aliphatic carbocycles. The SMILES string of the molecule is COc1ccc(-c2ncc(C(=O)NC(C)(CN)CC(C)C)s2)cc1. The van der Waals surface area contributed by atoms with Crippen LogP contribution in [0.5, 0.6) is 5.75 Å². The second kappa shape index (κ2) is 7.77. The number of benzene rings is 1. The summed E-state index contributed by atoms with van der Waals surface area (Å²) in [4.78, 5) is 17.5. The first-order chi connectivity index (χ1) is 11.4. The molecule has 2 rings (SSSR count). The third kappa shape index (κ3) is 4.55. The number of hydrogen-bond acceptors (Lipinski definition) is 5. The molecule has 0 saturated heterocycles. The van der Waals surface area contributed by atoms with Gasteiger partial charge in [0.25, 0.3) is 5.91 Å². The smallest absolute Gasteiger partial charge is 0.263 e. The van der Waals surface area contributed by atoms with E-state index in [1.807, 2.05) is 31.2 Å². The van der Waals surface area contributed by atoms with Crippen molar-refractivity contribution < 1.29 is 9.53 Å². The summed E-state index contributed by atoms with van der Waals surface area (Å²) in [7, 11) is 1.63. The van der Waals surface area contributed by atoms with Crippen LogP contribution < -0.4 is 15.8 Å². The van der Waals surface area contributed by atoms with Crippen LogP contribution in [0.4, 0.5) is 0 Å². The summed E-state index contributed by atoms with van der Waals surface area (Å²) in [6.45, 7) is 6.63. The number of amides is 1. The lowest BCUT2D eigenvalue weighted by atomic mass is 9.90. The van der Waals surface area contributed by atoms with E-state index in [0.29, 0.717) is 17.3 Å². The van der Waals surface area contributed by atoms with Gasteiger partial charge >= 0.3 is 0 Å². The molecule has 6 heteroatoms. The van der Waals surface area contributed by atoms with Crippen LogP contribution in [-0.4, -0.2) is 30.1 Å². The molecule has 2 aromatic rings. The van der Waals surface area contributed by atoms with Gasteiger partial charge in [-0.3, -0.25) is 4.79 Å². The van der Waals surface area contributed by atoms with Gasteiger partial charge < -0.3 is 15.8 Å². The Bertz CT molecular complexity index is 682. The summed E-state index contributed by atoms with van der Waals surface area (Å²) in [5.41, 5.74) is 6.42. The Morgan fingerprint density at radius 1 is 1.38 bits per heavy atom. The molecule has 0 radical (unpaired) electrons. The molecule has 0 bridgehead atoms. The molecule has 1 aromatic heterocycles. The molecular weight excluding hydrogens is 322 g/mol. The predicted molar refractivity (Wildman–Crippen MR) is 98.5 cm³/mol. The average Bonchev–Trinajstić information content (AvgIpc) is 3.04. The second-order valence-electron chi connectivity index (χ2n) is 6.58. The molecule has 0 aliphatic rings. The number of carbonyl (C=O) groups excluding carboxylic acids is 1. The van der Waals surface area contributed by atoms with Crippen LogP contribution >= 0.6 is 11.3 Å². The zero-order chi connectivity index (χ0) is 17.7. The zero-order valence-corrected chi connectivity index (χ0v) is 15.4. The van der Waals surface area contributed by atoms with Gasteiger partial charge in [0, 0.05) is 12.1 Å². The minimum Gasteiger partial charge on any atom is -0.497 e. The highest BCUT2D eigenvalue weighted by Crippen LogP contribution is 2.27. The molecule has 0 fully saturated rings. The molecule has 130 valence electrons. The number of thiazole rings is 1. The number of nitrogens with zero attached hydrogens (tertiary/aromatic N) is 1. The lowest BCUT2D eigenvalue weighted by molar-refractivity contribution is 0.0902. The molecule has 5 nitrogen and oxygen atoms in total. The number of nitrogens with one attached hydrogen (secondary N) is 1. The molecule has 1 amide bonds. The number of aromatic nitrogens is 1. The number of methoxy groups -OCH3 is 1. The van der Waals surface area contributed by atoms with E-state index in [2.05, 4.69) is 24.1 Å². The first-order valence-electron chi connectivity index (χ1n) is 7.99. The van der Waals surface area contributed by atoms with E-state index >= 15 is 0 Å². The summed E-state index contributed by atoms with van der Waals surface area (Å²) in [5, 5.41) is 3.87. The van der Waals surface area contributed by atoms with E-state index in [1.54, 1.807) is 13.3 Å². The fraction of sp³-hybridized carbons (Fsp3) is 0.444. The predicted octanol–water partition coefficient (Wildman–Crippen LogP) is 3.31. The van der Waals surface area contributed by atoms with E-state index in [4.69, 9.17) is 10.5 Å². The molecule has 1 heterocycles. The number of rotatable bonds is 7. The van der Waals surface area contributed by atoms with Crippen LogP contribution in [0.25, 0.3) is 10.6 Å². The van der Waals surface area contributed by atoms with Crippen LogP contribution in [0.15, 0.2) is 30.5 Å². The minimum absolute atomic E-state index is 0.124. The fourth-order valence-electron chi connectivity index (χ4n) is 2.67. The van der Waals surface area contributed by atoms with E-state index in [1.165, 1.54) is 11.3 Å². The molecule has 1 aromatic carbocycles. The van der Waals surface area contributed by atoms with Gasteiger partial charge in [0.15, 0.2) is 0 Å². The van der Waals surface area contributed by atoms with Crippen molar-refractivity contribution in [1.82, 2.24) is 10.3 Å². The standard InChI is InChI=1S/C18H25N3O2S/c1-12(2)9-18(3,11-19)21-16(22)15-10-20-17(24-15)13-5-7-14(23-4)8-6-13/h5-8,10,12H,9,11,19H2,1-4H3,(H,21,22). The van der Waals surface area contributed by atoms with Crippen LogP contribution in [0, 0.1) is 5.92 Å². The van der Waals surface area contributed by atoms with Gasteiger partial charge in [-0.05, 0) is 43.5 Å². The zero-order valence-electron chi connectivity index (χ0n) is 14.6. The van der Waals surface area contributed by atoms with Gasteiger partial charge in [-0.2, -0.15) is 0 Å². The van der Waals surface area contributed by atoms with E-state index in [-0.39, 0.29) is 5.91 Å². The van der Waals surface area contributed by atoms with Crippen molar-refractivity contribution in [3.05, 3.63) is 35.3 Å². The first-order valence-corrected chi connectivity index (χ1v) is 8.81. The van der Waals surface area contributed by atoms with E-state index in [0.717, 1.165) is 22.7 Å². The lowest BCUT2D eigenvalue weighted by Gasteiger charge is -2.30. The highest BCUT2D eigenvalue weighted by atomic mass is 32.1. The number of hydrogen-bond donors (Lipinski definition) is 2. The van der Waals surface area contributed by atoms with Crippen LogP contribution in [0.2, 0.25) is 0 Å². The molecule has 1 atom stereocenters. The molecular formula is C18H25N3O2S. The van der Waals surface area contributed by atoms with E-state index in [9.17, 15) is 4.79 Å². The molecule has 0 aliphatic heterocycles. The third-order valence-electron chi connectivity index (χ3n) is 3.79. The van der Waals surface area contributed by atoms with Gasteiger partial charge in [-0.15, -0.1) is 11.3 Å². The van der Waals surface area contributed by atoms with Gasteiger partial charge in [0.05, 0.1) is 18.8 Å². The topological polar surface area (TPSA) is 77.2 Å². The summed E-state index contributed by atoms with van der Waals surface area (Å²) in [6, 6.07) is 7.62. The maximum absolute atomic E-state index is 12.5. The maximum atomic E-state index is 12.5. The number of carbonyl (C=O) groups is 1. The average molecular weight is 347 g/mol. The summed E-state index contributed by atoms with van der Waals surface area (Å²) in [6.07, 6.45) is 2.45. The van der Waals surface area contributed by atoms with Crippen LogP contribution in [0.1, 0.15) is 36.9 Å². The van der Waals surface area contributed by atoms with Crippen molar-refractivity contribution in [2.75, 3.05) is 13.7 Å². The number of ether oxygens (including phenoxy) is 1. The summed E-state index contributed by atoms with van der Waals surface area (Å²) < 4.78 is 5.15. The Labute approximate surface area is 147 Å². The molecule has 0 spiro atoms. The van der Waals surface area contributed by atoms with Crippen molar-refractivity contribution in [1.29, 1.82) is 0 Å². The quantitative estimate of drug-likeness (QED) is 0.805. The highest BCUT2D eigenvalue weighted by molar-refractivity contribution is 7.16.